The van der Waals surface area contributed by atoms with Gasteiger partial charge in [-0.3, -0.25) is 0 Å². The predicted octanol–water partition coefficient (Wildman–Crippen LogP) is 1.76. The van der Waals surface area contributed by atoms with Gasteiger partial charge in [-0.2, -0.15) is 5.26 Å². The van der Waals surface area contributed by atoms with Gasteiger partial charge in [-0.25, -0.2) is 4.79 Å². The van der Waals surface area contributed by atoms with Gasteiger partial charge in [0.15, 0.2) is 0 Å². The average Bonchev–Trinajstić information content (AvgIpc) is 2.43. The monoisotopic (exact) mass is 264 g/mol. The Labute approximate surface area is 111 Å². The molecule has 102 valence electrons. The fourth-order valence-corrected chi connectivity index (χ4v) is 1.53. The van der Waals surface area contributed by atoms with Gasteiger partial charge in [-0.05, 0) is 24.6 Å². The molecule has 0 heterocycles. The Morgan fingerprint density at radius 2 is 2.00 bits per heavy atom. The highest BCUT2D eigenvalue weighted by atomic mass is 16.5. The Balaban J connectivity index is 2.77. The van der Waals surface area contributed by atoms with E-state index in [1.54, 1.807) is 26.4 Å². The summed E-state index contributed by atoms with van der Waals surface area (Å²) in [6.07, 6.45) is -0.650. The molecule has 0 saturated heterocycles. The van der Waals surface area contributed by atoms with E-state index in [0.29, 0.717) is 17.1 Å². The van der Waals surface area contributed by atoms with Crippen LogP contribution in [0.4, 0.5) is 4.79 Å². The summed E-state index contributed by atoms with van der Waals surface area (Å²) in [5.41, 5.74) is 1.62. The van der Waals surface area contributed by atoms with E-state index >= 15 is 0 Å². The lowest BCUT2D eigenvalue weighted by molar-refractivity contribution is 0.139. The molecule has 0 unspecified atom stereocenters. The van der Waals surface area contributed by atoms with Gasteiger partial charge in [0.05, 0.1) is 20.3 Å². The van der Waals surface area contributed by atoms with Crippen molar-refractivity contribution in [3.63, 3.8) is 0 Å². The number of carbonyl (C=O) groups is 1. The summed E-state index contributed by atoms with van der Waals surface area (Å²) in [4.78, 5) is 11.2. The van der Waals surface area contributed by atoms with Crippen molar-refractivity contribution >= 4 is 6.09 Å². The smallest absolute Gasteiger partial charge is 0.408 e. The second-order valence-electron chi connectivity index (χ2n) is 3.72. The molecule has 6 heteroatoms. The van der Waals surface area contributed by atoms with E-state index in [-0.39, 0.29) is 13.2 Å². The van der Waals surface area contributed by atoms with E-state index in [9.17, 15) is 4.79 Å². The minimum atomic E-state index is -0.650. The molecule has 1 N–H and O–H groups in total. The minimum Gasteiger partial charge on any atom is -0.496 e. The van der Waals surface area contributed by atoms with Crippen LogP contribution in [0.2, 0.25) is 0 Å². The first-order chi connectivity index (χ1) is 9.12. The molecular formula is C13H16N2O4. The number of rotatable bonds is 5. The number of nitrogens with one attached hydrogen (secondary N) is 1. The molecule has 0 fully saturated rings. The van der Waals surface area contributed by atoms with Crippen molar-refractivity contribution in [1.29, 1.82) is 5.26 Å². The number of nitrogens with zero attached hydrogens (tertiary/aromatic N) is 1. The first kappa shape index (κ1) is 14.6. The number of hydrogen-bond donors (Lipinski definition) is 1. The molecule has 0 aromatic heterocycles. The van der Waals surface area contributed by atoms with Gasteiger partial charge in [0, 0.05) is 5.56 Å². The summed E-state index contributed by atoms with van der Waals surface area (Å²) in [5, 5.41) is 10.6. The fraction of sp³-hybridized carbons (Fsp3) is 0.385. The molecule has 0 spiro atoms. The summed E-state index contributed by atoms with van der Waals surface area (Å²) in [6, 6.07) is 5.35. The van der Waals surface area contributed by atoms with Crippen molar-refractivity contribution in [1.82, 2.24) is 5.32 Å². The third-order valence-corrected chi connectivity index (χ3v) is 2.47. The SMILES string of the molecule is COc1cc(COC(=O)NCC#N)c(OC)cc1C. The van der Waals surface area contributed by atoms with E-state index in [2.05, 4.69) is 5.32 Å². The summed E-state index contributed by atoms with van der Waals surface area (Å²) in [5.74, 6) is 1.31. The first-order valence-electron chi connectivity index (χ1n) is 5.61. The maximum atomic E-state index is 11.2. The number of aryl methyl sites for hydroxylation is 1. The highest BCUT2D eigenvalue weighted by Crippen LogP contribution is 2.28. The van der Waals surface area contributed by atoms with E-state index in [4.69, 9.17) is 19.5 Å². The summed E-state index contributed by atoms with van der Waals surface area (Å²) >= 11 is 0. The van der Waals surface area contributed by atoms with Crippen molar-refractivity contribution in [2.24, 2.45) is 0 Å². The van der Waals surface area contributed by atoms with Crippen molar-refractivity contribution in [2.75, 3.05) is 20.8 Å². The maximum absolute atomic E-state index is 11.2. The van der Waals surface area contributed by atoms with Crippen LogP contribution in [0.5, 0.6) is 11.5 Å². The second kappa shape index (κ2) is 7.11. The zero-order valence-electron chi connectivity index (χ0n) is 11.1. The summed E-state index contributed by atoms with van der Waals surface area (Å²) in [6.45, 7) is 1.84. The third kappa shape index (κ3) is 4.07. The standard InChI is InChI=1S/C13H16N2O4/c1-9-6-12(18-3)10(7-11(9)17-2)8-19-13(16)15-5-4-14/h6-7H,5,8H2,1-3H3,(H,15,16). The van der Waals surface area contributed by atoms with Crippen LogP contribution < -0.4 is 14.8 Å². The van der Waals surface area contributed by atoms with Crippen LogP contribution in [-0.2, 0) is 11.3 Å². The van der Waals surface area contributed by atoms with Crippen molar-refractivity contribution in [3.05, 3.63) is 23.3 Å². The molecule has 0 bridgehead atoms. The molecule has 0 saturated carbocycles. The lowest BCUT2D eigenvalue weighted by atomic mass is 10.1. The van der Waals surface area contributed by atoms with Crippen molar-refractivity contribution in [3.8, 4) is 17.6 Å². The highest BCUT2D eigenvalue weighted by Gasteiger charge is 2.10. The van der Waals surface area contributed by atoms with E-state index in [1.807, 2.05) is 13.0 Å². The third-order valence-electron chi connectivity index (χ3n) is 2.47. The molecule has 1 rings (SSSR count). The Hall–Kier alpha value is -2.42. The summed E-state index contributed by atoms with van der Waals surface area (Å²) in [7, 11) is 3.11. The quantitative estimate of drug-likeness (QED) is 0.819. The molecule has 0 aliphatic rings. The van der Waals surface area contributed by atoms with Crippen LogP contribution in [0.15, 0.2) is 12.1 Å². The van der Waals surface area contributed by atoms with E-state index in [1.165, 1.54) is 0 Å². The Morgan fingerprint density at radius 3 is 2.58 bits per heavy atom. The summed E-state index contributed by atoms with van der Waals surface area (Å²) < 4.78 is 15.4. The first-order valence-corrected chi connectivity index (χ1v) is 5.61. The van der Waals surface area contributed by atoms with Gasteiger partial charge in [-0.1, -0.05) is 0 Å². The van der Waals surface area contributed by atoms with Crippen LogP contribution in [0, 0.1) is 18.3 Å². The maximum Gasteiger partial charge on any atom is 0.408 e. The minimum absolute atomic E-state index is 0.0388. The Morgan fingerprint density at radius 1 is 1.32 bits per heavy atom. The average molecular weight is 264 g/mol. The van der Waals surface area contributed by atoms with Gasteiger partial charge < -0.3 is 19.5 Å². The van der Waals surface area contributed by atoms with Gasteiger partial charge in [0.2, 0.25) is 0 Å². The lowest BCUT2D eigenvalue weighted by Gasteiger charge is -2.13. The second-order valence-corrected chi connectivity index (χ2v) is 3.72. The highest BCUT2D eigenvalue weighted by molar-refractivity contribution is 5.67. The van der Waals surface area contributed by atoms with Crippen molar-refractivity contribution < 1.29 is 19.0 Å². The molecule has 0 aliphatic carbocycles. The normalized spacial score (nSPS) is 9.37. The molecule has 1 aromatic carbocycles. The predicted molar refractivity (Wildman–Crippen MR) is 68.1 cm³/mol. The topological polar surface area (TPSA) is 80.6 Å². The molecule has 0 aliphatic heterocycles. The lowest BCUT2D eigenvalue weighted by Crippen LogP contribution is -2.24. The van der Waals surface area contributed by atoms with Crippen molar-refractivity contribution in [2.45, 2.75) is 13.5 Å². The number of hydrogen-bond acceptors (Lipinski definition) is 5. The zero-order chi connectivity index (χ0) is 14.3. The number of nitriles is 1. The van der Waals surface area contributed by atoms with Gasteiger partial charge in [0.1, 0.15) is 24.7 Å². The molecule has 1 aromatic rings. The van der Waals surface area contributed by atoms with Gasteiger partial charge in [0.25, 0.3) is 0 Å². The Bertz CT molecular complexity index is 494. The number of alkyl carbamates (subject to hydrolysis) is 1. The molecule has 1 amide bonds. The van der Waals surface area contributed by atoms with E-state index in [0.717, 1.165) is 5.56 Å². The van der Waals surface area contributed by atoms with Crippen LogP contribution in [0.3, 0.4) is 0 Å². The number of ether oxygens (including phenoxy) is 3. The largest absolute Gasteiger partial charge is 0.496 e. The number of methoxy groups -OCH3 is 2. The zero-order valence-corrected chi connectivity index (χ0v) is 11.1. The molecular weight excluding hydrogens is 248 g/mol. The molecule has 19 heavy (non-hydrogen) atoms. The van der Waals surface area contributed by atoms with Gasteiger partial charge >= 0.3 is 6.09 Å². The van der Waals surface area contributed by atoms with Crippen LogP contribution >= 0.6 is 0 Å². The molecule has 0 radical (unpaired) electrons. The van der Waals surface area contributed by atoms with Crippen LogP contribution in [0.25, 0.3) is 0 Å². The number of amides is 1. The number of carbonyl (C=O) groups excluding carboxylic acids is 1. The van der Waals surface area contributed by atoms with Crippen LogP contribution in [0.1, 0.15) is 11.1 Å². The Kier molecular flexibility index (Phi) is 5.48. The number of benzene rings is 1. The van der Waals surface area contributed by atoms with E-state index < -0.39 is 6.09 Å². The van der Waals surface area contributed by atoms with Gasteiger partial charge in [-0.15, -0.1) is 0 Å². The molecule has 6 nitrogen and oxygen atoms in total. The van der Waals surface area contributed by atoms with Crippen LogP contribution in [-0.4, -0.2) is 26.9 Å². The fourth-order valence-electron chi connectivity index (χ4n) is 1.53. The molecule has 0 atom stereocenters.